The van der Waals surface area contributed by atoms with Gasteiger partial charge < -0.3 is 5.73 Å². The molecule has 0 saturated carbocycles. The summed E-state index contributed by atoms with van der Waals surface area (Å²) in [6.45, 7) is 2.10. The number of nitrogens with zero attached hydrogens (tertiary/aromatic N) is 1. The van der Waals surface area contributed by atoms with Crippen LogP contribution < -0.4 is 5.73 Å². The van der Waals surface area contributed by atoms with Crippen molar-refractivity contribution in [3.63, 3.8) is 0 Å². The molecule has 0 aliphatic rings. The van der Waals surface area contributed by atoms with Crippen molar-refractivity contribution in [3.05, 3.63) is 64.1 Å². The van der Waals surface area contributed by atoms with Crippen molar-refractivity contribution >= 4 is 22.1 Å². The van der Waals surface area contributed by atoms with Crippen molar-refractivity contribution in [3.8, 4) is 0 Å². The zero-order valence-electron chi connectivity index (χ0n) is 10.1. The van der Waals surface area contributed by atoms with Gasteiger partial charge in [-0.3, -0.25) is 4.98 Å². The minimum absolute atomic E-state index is 0.0939. The Morgan fingerprint density at radius 1 is 1.17 bits per heavy atom. The summed E-state index contributed by atoms with van der Waals surface area (Å²) in [6.07, 6.45) is 3.76. The maximum atomic E-state index is 6.40. The Morgan fingerprint density at radius 2 is 2.00 bits per heavy atom. The summed E-state index contributed by atoms with van der Waals surface area (Å²) in [5.74, 6) is 0. The van der Waals surface area contributed by atoms with Gasteiger partial charge in [0.05, 0.1) is 6.04 Å². The van der Waals surface area contributed by atoms with Crippen LogP contribution in [0.1, 0.15) is 22.0 Å². The van der Waals surface area contributed by atoms with Gasteiger partial charge in [0, 0.05) is 28.2 Å². The van der Waals surface area contributed by atoms with Crippen LogP contribution in [0, 0.1) is 6.92 Å². The standard InChI is InChI=1S/C15H14N2S/c1-10-6-7-18-15(10)14(16)13-9-17-8-11-4-2-3-5-12(11)13/h2-9,14H,16H2,1H3. The quantitative estimate of drug-likeness (QED) is 0.758. The number of rotatable bonds is 2. The highest BCUT2D eigenvalue weighted by Gasteiger charge is 2.15. The lowest BCUT2D eigenvalue weighted by Crippen LogP contribution is -2.12. The smallest absolute Gasteiger partial charge is 0.0669 e. The molecular weight excluding hydrogens is 240 g/mol. The lowest BCUT2D eigenvalue weighted by atomic mass is 10.00. The van der Waals surface area contributed by atoms with Gasteiger partial charge in [0.25, 0.3) is 0 Å². The first-order chi connectivity index (χ1) is 8.77. The lowest BCUT2D eigenvalue weighted by Gasteiger charge is -2.13. The summed E-state index contributed by atoms with van der Waals surface area (Å²) < 4.78 is 0. The van der Waals surface area contributed by atoms with Crippen LogP contribution in [0.2, 0.25) is 0 Å². The molecule has 0 aliphatic carbocycles. The second-order valence-electron chi connectivity index (χ2n) is 4.40. The molecule has 3 aromatic rings. The predicted molar refractivity (Wildman–Crippen MR) is 76.8 cm³/mol. The molecule has 0 amide bonds. The Labute approximate surface area is 110 Å². The molecule has 2 N–H and O–H groups in total. The predicted octanol–water partition coefficient (Wildman–Crippen LogP) is 3.65. The molecule has 1 unspecified atom stereocenters. The molecule has 18 heavy (non-hydrogen) atoms. The van der Waals surface area contributed by atoms with Crippen molar-refractivity contribution in [1.29, 1.82) is 0 Å². The number of fused-ring (bicyclic) bond motifs is 1. The van der Waals surface area contributed by atoms with Crippen LogP contribution in [0.5, 0.6) is 0 Å². The molecule has 1 atom stereocenters. The molecule has 1 aromatic carbocycles. The third-order valence-electron chi connectivity index (χ3n) is 3.22. The summed E-state index contributed by atoms with van der Waals surface area (Å²) in [5.41, 5.74) is 8.74. The topological polar surface area (TPSA) is 38.9 Å². The first-order valence-corrected chi connectivity index (χ1v) is 6.77. The zero-order chi connectivity index (χ0) is 12.5. The van der Waals surface area contributed by atoms with Gasteiger partial charge in [0.2, 0.25) is 0 Å². The fourth-order valence-corrected chi connectivity index (χ4v) is 3.18. The number of benzene rings is 1. The molecular formula is C15H14N2S. The third-order valence-corrected chi connectivity index (χ3v) is 4.32. The largest absolute Gasteiger partial charge is 0.320 e. The number of nitrogens with two attached hydrogens (primary N) is 1. The van der Waals surface area contributed by atoms with Gasteiger partial charge in [-0.25, -0.2) is 0 Å². The van der Waals surface area contributed by atoms with Gasteiger partial charge >= 0.3 is 0 Å². The van der Waals surface area contributed by atoms with Crippen LogP contribution in [0.4, 0.5) is 0 Å². The van der Waals surface area contributed by atoms with Crippen LogP contribution in [0.15, 0.2) is 48.1 Å². The number of aryl methyl sites for hydroxylation is 1. The van der Waals surface area contributed by atoms with Gasteiger partial charge in [0.1, 0.15) is 0 Å². The highest BCUT2D eigenvalue weighted by Crippen LogP contribution is 2.30. The summed E-state index contributed by atoms with van der Waals surface area (Å²) in [7, 11) is 0. The van der Waals surface area contributed by atoms with E-state index in [4.69, 9.17) is 5.73 Å². The first kappa shape index (κ1) is 11.4. The van der Waals surface area contributed by atoms with Gasteiger partial charge in [-0.1, -0.05) is 24.3 Å². The summed E-state index contributed by atoms with van der Waals surface area (Å²) in [5, 5.41) is 4.41. The van der Waals surface area contributed by atoms with Gasteiger partial charge in [-0.05, 0) is 29.3 Å². The molecule has 0 fully saturated rings. The fraction of sp³-hybridized carbons (Fsp3) is 0.133. The number of aromatic nitrogens is 1. The number of hydrogen-bond acceptors (Lipinski definition) is 3. The molecule has 0 radical (unpaired) electrons. The van der Waals surface area contributed by atoms with E-state index in [1.54, 1.807) is 11.3 Å². The highest BCUT2D eigenvalue weighted by atomic mass is 32.1. The Kier molecular flexibility index (Phi) is 2.86. The Balaban J connectivity index is 2.18. The second-order valence-corrected chi connectivity index (χ2v) is 5.34. The van der Waals surface area contributed by atoms with Crippen LogP contribution in [0.3, 0.4) is 0 Å². The van der Waals surface area contributed by atoms with E-state index in [1.165, 1.54) is 15.8 Å². The van der Waals surface area contributed by atoms with E-state index in [0.717, 1.165) is 10.9 Å². The van der Waals surface area contributed by atoms with Gasteiger partial charge in [-0.2, -0.15) is 0 Å². The van der Waals surface area contributed by atoms with Crippen molar-refractivity contribution in [2.24, 2.45) is 5.73 Å². The Morgan fingerprint density at radius 3 is 2.78 bits per heavy atom. The van der Waals surface area contributed by atoms with Crippen molar-refractivity contribution in [2.45, 2.75) is 13.0 Å². The monoisotopic (exact) mass is 254 g/mol. The molecule has 3 heteroatoms. The van der Waals surface area contributed by atoms with Gasteiger partial charge in [-0.15, -0.1) is 11.3 Å². The molecule has 3 rings (SSSR count). The van der Waals surface area contributed by atoms with Crippen LogP contribution in [-0.2, 0) is 0 Å². The van der Waals surface area contributed by atoms with Crippen molar-refractivity contribution in [2.75, 3.05) is 0 Å². The maximum Gasteiger partial charge on any atom is 0.0669 e. The molecule has 0 saturated heterocycles. The molecule has 0 aliphatic heterocycles. The molecule has 2 aromatic heterocycles. The second kappa shape index (κ2) is 4.52. The van der Waals surface area contributed by atoms with Gasteiger partial charge in [0.15, 0.2) is 0 Å². The first-order valence-electron chi connectivity index (χ1n) is 5.89. The molecule has 0 bridgehead atoms. The number of thiophene rings is 1. The molecule has 2 nitrogen and oxygen atoms in total. The van der Waals surface area contributed by atoms with E-state index in [0.29, 0.717) is 0 Å². The normalized spacial score (nSPS) is 12.8. The molecule has 90 valence electrons. The average molecular weight is 254 g/mol. The van der Waals surface area contributed by atoms with E-state index in [2.05, 4.69) is 35.5 Å². The summed E-state index contributed by atoms with van der Waals surface area (Å²) in [6, 6.07) is 10.3. The van der Waals surface area contributed by atoms with Crippen molar-refractivity contribution in [1.82, 2.24) is 4.98 Å². The van der Waals surface area contributed by atoms with Crippen LogP contribution in [-0.4, -0.2) is 4.98 Å². The SMILES string of the molecule is Cc1ccsc1C(N)c1cncc2ccccc12. The Bertz CT molecular complexity index is 682. The molecule has 0 spiro atoms. The van der Waals surface area contributed by atoms with E-state index in [-0.39, 0.29) is 6.04 Å². The maximum absolute atomic E-state index is 6.40. The van der Waals surface area contributed by atoms with E-state index >= 15 is 0 Å². The van der Waals surface area contributed by atoms with Crippen molar-refractivity contribution < 1.29 is 0 Å². The Hall–Kier alpha value is -1.71. The lowest BCUT2D eigenvalue weighted by molar-refractivity contribution is 0.887. The van der Waals surface area contributed by atoms with Crippen LogP contribution >= 0.6 is 11.3 Å². The van der Waals surface area contributed by atoms with E-state index < -0.39 is 0 Å². The summed E-state index contributed by atoms with van der Waals surface area (Å²) >= 11 is 1.71. The third kappa shape index (κ3) is 1.82. The number of pyridine rings is 1. The van der Waals surface area contributed by atoms with E-state index in [1.807, 2.05) is 24.5 Å². The zero-order valence-corrected chi connectivity index (χ0v) is 10.9. The van der Waals surface area contributed by atoms with E-state index in [9.17, 15) is 0 Å². The number of hydrogen-bond donors (Lipinski definition) is 1. The van der Waals surface area contributed by atoms with Crippen LogP contribution in [0.25, 0.3) is 10.8 Å². The average Bonchev–Trinajstić information content (AvgIpc) is 2.83. The minimum Gasteiger partial charge on any atom is -0.320 e. The highest BCUT2D eigenvalue weighted by molar-refractivity contribution is 7.10. The summed E-state index contributed by atoms with van der Waals surface area (Å²) in [4.78, 5) is 5.51. The fourth-order valence-electron chi connectivity index (χ4n) is 2.23. The molecule has 2 heterocycles. The minimum atomic E-state index is -0.0939.